The van der Waals surface area contributed by atoms with E-state index in [2.05, 4.69) is 6.92 Å². The van der Waals surface area contributed by atoms with E-state index in [1.807, 2.05) is 80.3 Å². The van der Waals surface area contributed by atoms with Crippen molar-refractivity contribution in [1.82, 2.24) is 14.7 Å². The molecule has 0 aromatic heterocycles. The molecule has 0 bridgehead atoms. The minimum atomic E-state index is -1.30. The van der Waals surface area contributed by atoms with Crippen LogP contribution in [0.5, 0.6) is 0 Å². The van der Waals surface area contributed by atoms with E-state index in [-0.39, 0.29) is 30.4 Å². The van der Waals surface area contributed by atoms with Crippen LogP contribution in [0.3, 0.4) is 0 Å². The zero-order chi connectivity index (χ0) is 27.9. The number of carbonyl (C=O) groups is 3. The molecule has 4 heterocycles. The molecule has 210 valence electrons. The highest BCUT2D eigenvalue weighted by atomic mass is 16.5. The second-order valence-electron chi connectivity index (χ2n) is 11.6. The van der Waals surface area contributed by atoms with Crippen molar-refractivity contribution in [3.8, 4) is 0 Å². The molecule has 8 nitrogen and oxygen atoms in total. The van der Waals surface area contributed by atoms with Gasteiger partial charge in [0.2, 0.25) is 17.7 Å². The standard InChI is InChI=1S/C31H41N3O5/c1-5-12-21(3)33-18-11-16-31-25(28(37)34(23(6-2)20-35)26(31)29(33)38)24-27(36)32(17-10-15-30(24,4)39-31)19-22-13-8-7-9-14-22/h7-11,13-16,21,23-26,35H,5-6,12,17-20H2,1-4H3/t21?,23-,24+,25-,26?,30-,31-/m0/s1. The molecule has 2 saturated heterocycles. The molecule has 39 heavy (non-hydrogen) atoms. The molecule has 4 aliphatic rings. The first-order chi connectivity index (χ1) is 18.7. The fourth-order valence-electron chi connectivity index (χ4n) is 7.25. The van der Waals surface area contributed by atoms with Crippen molar-refractivity contribution in [2.24, 2.45) is 11.8 Å². The summed E-state index contributed by atoms with van der Waals surface area (Å²) in [7, 11) is 0. The summed E-state index contributed by atoms with van der Waals surface area (Å²) in [5, 5.41) is 10.3. The summed E-state index contributed by atoms with van der Waals surface area (Å²) >= 11 is 0. The van der Waals surface area contributed by atoms with Crippen LogP contribution in [0.4, 0.5) is 0 Å². The zero-order valence-electron chi connectivity index (χ0n) is 23.5. The Morgan fingerprint density at radius 3 is 2.38 bits per heavy atom. The van der Waals surface area contributed by atoms with Gasteiger partial charge in [0.25, 0.3) is 0 Å². The fourth-order valence-corrected chi connectivity index (χ4v) is 7.25. The van der Waals surface area contributed by atoms with Crippen LogP contribution in [-0.4, -0.2) is 86.6 Å². The first-order valence-corrected chi connectivity index (χ1v) is 14.3. The van der Waals surface area contributed by atoms with Crippen LogP contribution in [-0.2, 0) is 25.7 Å². The molecule has 2 unspecified atom stereocenters. The van der Waals surface area contributed by atoms with Gasteiger partial charge in [0.05, 0.1) is 30.1 Å². The number of fused-ring (bicyclic) bond motifs is 2. The van der Waals surface area contributed by atoms with Gasteiger partial charge < -0.3 is 24.5 Å². The SMILES string of the molecule is CCCC(C)N1CC=C[C@]23O[C@@]4(C)C=CCN(Cc5ccccc5)C(=O)[C@H]4[C@H]2C(=O)N([C@@H](CC)CO)C3C1=O. The van der Waals surface area contributed by atoms with Gasteiger partial charge in [0.15, 0.2) is 0 Å². The predicted octanol–water partition coefficient (Wildman–Crippen LogP) is 2.91. The number of amides is 3. The van der Waals surface area contributed by atoms with Gasteiger partial charge >= 0.3 is 0 Å². The van der Waals surface area contributed by atoms with Crippen LogP contribution in [0.2, 0.25) is 0 Å². The molecule has 7 atom stereocenters. The number of aliphatic hydroxyl groups excluding tert-OH is 1. The number of benzene rings is 1. The number of aliphatic hydroxyl groups is 1. The number of nitrogens with zero attached hydrogens (tertiary/aromatic N) is 3. The number of likely N-dealkylation sites (tertiary alicyclic amines) is 1. The Kier molecular flexibility index (Phi) is 7.46. The zero-order valence-corrected chi connectivity index (χ0v) is 23.5. The molecule has 4 aliphatic heterocycles. The second-order valence-corrected chi connectivity index (χ2v) is 11.6. The molecule has 1 aromatic carbocycles. The van der Waals surface area contributed by atoms with Gasteiger partial charge in [0, 0.05) is 25.7 Å². The minimum absolute atomic E-state index is 0.0159. The number of hydrogen-bond donors (Lipinski definition) is 1. The highest BCUT2D eigenvalue weighted by molar-refractivity contribution is 6.00. The molecule has 1 aromatic rings. The Morgan fingerprint density at radius 2 is 1.72 bits per heavy atom. The Hall–Kier alpha value is -2.97. The highest BCUT2D eigenvalue weighted by Crippen LogP contribution is 2.58. The molecule has 3 amide bonds. The first-order valence-electron chi connectivity index (χ1n) is 14.3. The molecule has 0 saturated carbocycles. The smallest absolute Gasteiger partial charge is 0.249 e. The van der Waals surface area contributed by atoms with E-state index < -0.39 is 35.1 Å². The van der Waals surface area contributed by atoms with Gasteiger partial charge in [-0.3, -0.25) is 14.4 Å². The van der Waals surface area contributed by atoms with Gasteiger partial charge in [-0.15, -0.1) is 0 Å². The number of carbonyl (C=O) groups excluding carboxylic acids is 3. The van der Waals surface area contributed by atoms with Crippen molar-refractivity contribution in [2.75, 3.05) is 19.7 Å². The Balaban J connectivity index is 1.60. The van der Waals surface area contributed by atoms with Crippen LogP contribution >= 0.6 is 0 Å². The van der Waals surface area contributed by atoms with E-state index in [4.69, 9.17) is 4.74 Å². The Labute approximate surface area is 231 Å². The predicted molar refractivity (Wildman–Crippen MR) is 147 cm³/mol. The maximum Gasteiger partial charge on any atom is 0.249 e. The van der Waals surface area contributed by atoms with E-state index in [0.29, 0.717) is 26.1 Å². The third-order valence-electron chi connectivity index (χ3n) is 9.14. The second kappa shape index (κ2) is 10.5. The fraction of sp³-hybridized carbons (Fsp3) is 0.581. The van der Waals surface area contributed by atoms with E-state index >= 15 is 0 Å². The number of hydrogen-bond acceptors (Lipinski definition) is 5. The quantitative estimate of drug-likeness (QED) is 0.517. The van der Waals surface area contributed by atoms with Gasteiger partial charge in [-0.1, -0.05) is 74.9 Å². The summed E-state index contributed by atoms with van der Waals surface area (Å²) in [5.41, 5.74) is -1.35. The molecular weight excluding hydrogens is 494 g/mol. The lowest BCUT2D eigenvalue weighted by atomic mass is 9.74. The van der Waals surface area contributed by atoms with Crippen LogP contribution in [0, 0.1) is 11.8 Å². The average molecular weight is 536 g/mol. The molecule has 0 aliphatic carbocycles. The minimum Gasteiger partial charge on any atom is -0.394 e. The summed E-state index contributed by atoms with van der Waals surface area (Å²) in [6, 6.07) is 8.29. The third-order valence-corrected chi connectivity index (χ3v) is 9.14. The summed E-state index contributed by atoms with van der Waals surface area (Å²) in [5.74, 6) is -2.29. The summed E-state index contributed by atoms with van der Waals surface area (Å²) in [6.07, 6.45) is 9.91. The van der Waals surface area contributed by atoms with Crippen molar-refractivity contribution in [3.63, 3.8) is 0 Å². The van der Waals surface area contributed by atoms with Crippen LogP contribution in [0.15, 0.2) is 54.6 Å². The lowest BCUT2D eigenvalue weighted by molar-refractivity contribution is -0.157. The van der Waals surface area contributed by atoms with Crippen molar-refractivity contribution < 1.29 is 24.2 Å². The molecule has 0 radical (unpaired) electrons. The summed E-state index contributed by atoms with van der Waals surface area (Å²) in [6.45, 7) is 8.86. The maximum atomic E-state index is 14.4. The topological polar surface area (TPSA) is 90.4 Å². The highest BCUT2D eigenvalue weighted by Gasteiger charge is 2.75. The molecule has 1 spiro atoms. The van der Waals surface area contributed by atoms with Crippen molar-refractivity contribution >= 4 is 17.7 Å². The monoisotopic (exact) mass is 535 g/mol. The van der Waals surface area contributed by atoms with Crippen LogP contribution in [0.25, 0.3) is 0 Å². The molecule has 8 heteroatoms. The first kappa shape index (κ1) is 27.6. The molecular formula is C31H41N3O5. The average Bonchev–Trinajstić information content (AvgIpc) is 3.19. The largest absolute Gasteiger partial charge is 0.394 e. The van der Waals surface area contributed by atoms with E-state index in [9.17, 15) is 19.5 Å². The normalized spacial score (nSPS) is 33.5. The van der Waals surface area contributed by atoms with Gasteiger partial charge in [-0.2, -0.15) is 0 Å². The van der Waals surface area contributed by atoms with E-state index in [1.165, 1.54) is 0 Å². The van der Waals surface area contributed by atoms with E-state index in [0.717, 1.165) is 18.4 Å². The van der Waals surface area contributed by atoms with Crippen molar-refractivity contribution in [2.45, 2.75) is 82.8 Å². The van der Waals surface area contributed by atoms with Crippen LogP contribution < -0.4 is 0 Å². The lowest BCUT2D eigenvalue weighted by Gasteiger charge is -2.41. The van der Waals surface area contributed by atoms with Crippen molar-refractivity contribution in [3.05, 3.63) is 60.2 Å². The van der Waals surface area contributed by atoms with Gasteiger partial charge in [-0.25, -0.2) is 0 Å². The molecule has 1 N–H and O–H groups in total. The molecule has 5 rings (SSSR count). The Bertz CT molecular complexity index is 1160. The van der Waals surface area contributed by atoms with E-state index in [1.54, 1.807) is 9.80 Å². The third kappa shape index (κ3) is 4.32. The number of rotatable bonds is 8. The number of ether oxygens (including phenoxy) is 1. The Morgan fingerprint density at radius 1 is 1.00 bits per heavy atom. The van der Waals surface area contributed by atoms with Gasteiger partial charge in [0.1, 0.15) is 11.6 Å². The van der Waals surface area contributed by atoms with Gasteiger partial charge in [-0.05, 0) is 32.3 Å². The summed E-state index contributed by atoms with van der Waals surface area (Å²) in [4.78, 5) is 48.2. The van der Waals surface area contributed by atoms with Crippen LogP contribution in [0.1, 0.15) is 52.5 Å². The maximum absolute atomic E-state index is 14.4. The molecule has 2 fully saturated rings. The summed E-state index contributed by atoms with van der Waals surface area (Å²) < 4.78 is 6.88. The van der Waals surface area contributed by atoms with Crippen molar-refractivity contribution in [1.29, 1.82) is 0 Å². The lowest BCUT2D eigenvalue weighted by Crippen LogP contribution is -2.59.